The van der Waals surface area contributed by atoms with Gasteiger partial charge >= 0.3 is 5.97 Å². The zero-order valence-corrected chi connectivity index (χ0v) is 8.53. The number of aldehydes is 1. The van der Waals surface area contributed by atoms with Crippen LogP contribution >= 0.6 is 0 Å². The van der Waals surface area contributed by atoms with Crippen molar-refractivity contribution < 1.29 is 19.1 Å². The molecule has 0 saturated carbocycles. The van der Waals surface area contributed by atoms with E-state index in [-0.39, 0.29) is 11.9 Å². The molecule has 84 valence electrons. The first-order chi connectivity index (χ1) is 7.24. The van der Waals surface area contributed by atoms with Gasteiger partial charge < -0.3 is 14.8 Å². The van der Waals surface area contributed by atoms with Gasteiger partial charge in [-0.3, -0.25) is 4.79 Å². The molecule has 1 N–H and O–H groups in total. The molecule has 5 heteroatoms. The average Bonchev–Trinajstić information content (AvgIpc) is 2.59. The van der Waals surface area contributed by atoms with Crippen LogP contribution in [0.25, 0.3) is 0 Å². The van der Waals surface area contributed by atoms with Crippen molar-refractivity contribution in [3.05, 3.63) is 0 Å². The first-order valence-corrected chi connectivity index (χ1v) is 5.13. The standard InChI is InChI=1S/C10H15NO4/c12-6-3-1-2-4-9(13)11-8-5-7-15-10(8)14/h6,8H,1-5,7H2,(H,11,13). The van der Waals surface area contributed by atoms with Crippen LogP contribution in [0.5, 0.6) is 0 Å². The summed E-state index contributed by atoms with van der Waals surface area (Å²) in [6.07, 6.45) is 3.62. The summed E-state index contributed by atoms with van der Waals surface area (Å²) < 4.78 is 4.71. The average molecular weight is 213 g/mol. The molecule has 1 unspecified atom stereocenters. The van der Waals surface area contributed by atoms with Gasteiger partial charge in [0, 0.05) is 19.3 Å². The molecule has 1 saturated heterocycles. The minimum atomic E-state index is -0.469. The van der Waals surface area contributed by atoms with E-state index in [0.29, 0.717) is 38.7 Å². The van der Waals surface area contributed by atoms with Crippen LogP contribution in [0.1, 0.15) is 32.1 Å². The Kier molecular flexibility index (Phi) is 4.80. The quantitative estimate of drug-likeness (QED) is 0.388. The summed E-state index contributed by atoms with van der Waals surface area (Å²) in [6.45, 7) is 0.384. The number of ether oxygens (including phenoxy) is 1. The Morgan fingerprint density at radius 2 is 2.33 bits per heavy atom. The Labute approximate surface area is 88.2 Å². The Morgan fingerprint density at radius 3 is 2.93 bits per heavy atom. The maximum Gasteiger partial charge on any atom is 0.328 e. The second-order valence-corrected chi connectivity index (χ2v) is 3.49. The zero-order chi connectivity index (χ0) is 11.1. The van der Waals surface area contributed by atoms with Crippen LogP contribution < -0.4 is 5.32 Å². The lowest BCUT2D eigenvalue weighted by molar-refractivity contribution is -0.141. The number of rotatable bonds is 6. The molecule has 0 bridgehead atoms. The summed E-state index contributed by atoms with van der Waals surface area (Å²) >= 11 is 0. The molecule has 1 heterocycles. The number of amides is 1. The number of nitrogens with one attached hydrogen (secondary N) is 1. The summed E-state index contributed by atoms with van der Waals surface area (Å²) in [5.74, 6) is -0.499. The largest absolute Gasteiger partial charge is 0.464 e. The summed E-state index contributed by atoms with van der Waals surface area (Å²) in [6, 6.07) is -0.469. The Balaban J connectivity index is 2.12. The fourth-order valence-electron chi connectivity index (χ4n) is 1.41. The van der Waals surface area contributed by atoms with Crippen LogP contribution in [0.3, 0.4) is 0 Å². The van der Waals surface area contributed by atoms with Gasteiger partial charge in [-0.1, -0.05) is 0 Å². The number of carbonyl (C=O) groups is 3. The number of unbranched alkanes of at least 4 members (excludes halogenated alkanes) is 2. The van der Waals surface area contributed by atoms with Crippen LogP contribution in [-0.2, 0) is 19.1 Å². The van der Waals surface area contributed by atoms with E-state index in [0.717, 1.165) is 6.29 Å². The molecular weight excluding hydrogens is 198 g/mol. The van der Waals surface area contributed by atoms with Crippen molar-refractivity contribution in [2.75, 3.05) is 6.61 Å². The highest BCUT2D eigenvalue weighted by Crippen LogP contribution is 2.06. The molecule has 0 aromatic carbocycles. The summed E-state index contributed by atoms with van der Waals surface area (Å²) in [5, 5.41) is 2.60. The van der Waals surface area contributed by atoms with E-state index in [1.54, 1.807) is 0 Å². The van der Waals surface area contributed by atoms with Gasteiger partial charge in [0.15, 0.2) is 0 Å². The zero-order valence-electron chi connectivity index (χ0n) is 8.53. The van der Waals surface area contributed by atoms with Gasteiger partial charge in [-0.2, -0.15) is 0 Å². The van der Waals surface area contributed by atoms with E-state index in [1.807, 2.05) is 0 Å². The highest BCUT2D eigenvalue weighted by Gasteiger charge is 2.27. The summed E-state index contributed by atoms with van der Waals surface area (Å²) in [4.78, 5) is 32.3. The molecule has 0 aliphatic carbocycles. The number of hydrogen-bond donors (Lipinski definition) is 1. The van der Waals surface area contributed by atoms with Gasteiger partial charge in [-0.05, 0) is 12.8 Å². The lowest BCUT2D eigenvalue weighted by Gasteiger charge is -2.07. The van der Waals surface area contributed by atoms with E-state index >= 15 is 0 Å². The lowest BCUT2D eigenvalue weighted by atomic mass is 10.2. The third kappa shape index (κ3) is 4.10. The molecule has 1 aliphatic heterocycles. The van der Waals surface area contributed by atoms with Gasteiger partial charge in [0.2, 0.25) is 5.91 Å². The van der Waals surface area contributed by atoms with Crippen molar-refractivity contribution >= 4 is 18.2 Å². The minimum Gasteiger partial charge on any atom is -0.464 e. The van der Waals surface area contributed by atoms with Crippen LogP contribution in [-0.4, -0.2) is 30.8 Å². The molecule has 15 heavy (non-hydrogen) atoms. The topological polar surface area (TPSA) is 72.5 Å². The van der Waals surface area contributed by atoms with Crippen molar-refractivity contribution in [1.29, 1.82) is 0 Å². The number of cyclic esters (lactones) is 1. The van der Waals surface area contributed by atoms with E-state index < -0.39 is 6.04 Å². The van der Waals surface area contributed by atoms with E-state index in [4.69, 9.17) is 4.74 Å². The van der Waals surface area contributed by atoms with E-state index in [2.05, 4.69) is 5.32 Å². The van der Waals surface area contributed by atoms with Crippen LogP contribution in [0.4, 0.5) is 0 Å². The van der Waals surface area contributed by atoms with Gasteiger partial charge in [-0.15, -0.1) is 0 Å². The Hall–Kier alpha value is -1.39. The molecule has 0 aromatic heterocycles. The van der Waals surface area contributed by atoms with Crippen LogP contribution in [0.2, 0.25) is 0 Å². The maximum atomic E-state index is 11.3. The fourth-order valence-corrected chi connectivity index (χ4v) is 1.41. The molecule has 1 atom stereocenters. The maximum absolute atomic E-state index is 11.3. The SMILES string of the molecule is O=CCCCCC(=O)NC1CCOC1=O. The van der Waals surface area contributed by atoms with Crippen LogP contribution in [0.15, 0.2) is 0 Å². The highest BCUT2D eigenvalue weighted by atomic mass is 16.5. The first-order valence-electron chi connectivity index (χ1n) is 5.13. The molecule has 0 radical (unpaired) electrons. The number of esters is 1. The predicted molar refractivity (Wildman–Crippen MR) is 52.0 cm³/mol. The van der Waals surface area contributed by atoms with E-state index in [9.17, 15) is 14.4 Å². The molecule has 1 rings (SSSR count). The lowest BCUT2D eigenvalue weighted by Crippen LogP contribution is -2.37. The molecule has 1 amide bonds. The predicted octanol–water partition coefficient (Wildman–Crippen LogP) is 0.177. The summed E-state index contributed by atoms with van der Waals surface area (Å²) in [5.41, 5.74) is 0. The monoisotopic (exact) mass is 213 g/mol. The van der Waals surface area contributed by atoms with Crippen molar-refractivity contribution in [2.45, 2.75) is 38.1 Å². The second-order valence-electron chi connectivity index (χ2n) is 3.49. The van der Waals surface area contributed by atoms with Gasteiger partial charge in [0.1, 0.15) is 12.3 Å². The molecule has 5 nitrogen and oxygen atoms in total. The van der Waals surface area contributed by atoms with Crippen LogP contribution in [0, 0.1) is 0 Å². The highest BCUT2D eigenvalue weighted by molar-refractivity contribution is 5.85. The molecule has 0 spiro atoms. The second kappa shape index (κ2) is 6.16. The normalized spacial score (nSPS) is 19.7. The van der Waals surface area contributed by atoms with E-state index in [1.165, 1.54) is 0 Å². The number of carbonyl (C=O) groups excluding carboxylic acids is 3. The van der Waals surface area contributed by atoms with Gasteiger partial charge in [-0.25, -0.2) is 4.79 Å². The minimum absolute atomic E-state index is 0.148. The van der Waals surface area contributed by atoms with Gasteiger partial charge in [0.25, 0.3) is 0 Å². The fraction of sp³-hybridized carbons (Fsp3) is 0.700. The number of hydrogen-bond acceptors (Lipinski definition) is 4. The van der Waals surface area contributed by atoms with Crippen molar-refractivity contribution in [2.24, 2.45) is 0 Å². The van der Waals surface area contributed by atoms with Crippen molar-refractivity contribution in [3.8, 4) is 0 Å². The molecule has 1 fully saturated rings. The summed E-state index contributed by atoms with van der Waals surface area (Å²) in [7, 11) is 0. The molecule has 0 aromatic rings. The third-order valence-electron chi connectivity index (χ3n) is 2.25. The Bertz CT molecular complexity index is 252. The third-order valence-corrected chi connectivity index (χ3v) is 2.25. The van der Waals surface area contributed by atoms with Crippen molar-refractivity contribution in [1.82, 2.24) is 5.32 Å². The Morgan fingerprint density at radius 1 is 1.53 bits per heavy atom. The first kappa shape index (κ1) is 11.7. The van der Waals surface area contributed by atoms with Crippen molar-refractivity contribution in [3.63, 3.8) is 0 Å². The van der Waals surface area contributed by atoms with Gasteiger partial charge in [0.05, 0.1) is 6.61 Å². The molecular formula is C10H15NO4. The smallest absolute Gasteiger partial charge is 0.328 e. The molecule has 1 aliphatic rings.